The molecule has 2 aromatic rings. The summed E-state index contributed by atoms with van der Waals surface area (Å²) < 4.78 is 4.89. The number of amides is 1. The molecule has 0 atom stereocenters. The molecule has 0 aliphatic carbocycles. The number of hydrogen-bond acceptors (Lipinski definition) is 3. The highest BCUT2D eigenvalue weighted by Gasteiger charge is 2.09. The molecule has 2 N–H and O–H groups in total. The van der Waals surface area contributed by atoms with Gasteiger partial charge in [-0.2, -0.15) is 0 Å². The maximum absolute atomic E-state index is 12.3. The summed E-state index contributed by atoms with van der Waals surface area (Å²) in [5, 5.41) is 4.07. The summed E-state index contributed by atoms with van der Waals surface area (Å²) in [7, 11) is 0. The van der Waals surface area contributed by atoms with Crippen LogP contribution in [0.2, 0.25) is 0 Å². The van der Waals surface area contributed by atoms with Crippen molar-refractivity contribution in [2.75, 3.05) is 13.2 Å². The Hall–Kier alpha value is -2.30. The number of aromatic nitrogens is 1. The average Bonchev–Trinajstić information content (AvgIpc) is 2.88. The number of ether oxygens (including phenoxy) is 1. The Morgan fingerprint density at radius 3 is 2.64 bits per heavy atom. The molecule has 1 aromatic heterocycles. The summed E-state index contributed by atoms with van der Waals surface area (Å²) in [6.07, 6.45) is 4.21. The van der Waals surface area contributed by atoms with Crippen LogP contribution < -0.4 is 5.32 Å². The molecular formula is C20H28N2O3. The van der Waals surface area contributed by atoms with Gasteiger partial charge >= 0.3 is 5.97 Å². The molecule has 136 valence electrons. The van der Waals surface area contributed by atoms with Crippen molar-refractivity contribution in [2.45, 2.75) is 52.9 Å². The standard InChI is InChI=1S/C20H28N2O3/c1-4-25-19(23)9-7-5-6-8-12-21-20(24)16-10-11-18-17(13-16)14(2)15(3)22-18/h10-11,13,22H,4-9,12H2,1-3H3,(H,21,24). The van der Waals surface area contributed by atoms with E-state index in [-0.39, 0.29) is 11.9 Å². The number of hydrogen-bond donors (Lipinski definition) is 2. The molecule has 0 aliphatic rings. The minimum Gasteiger partial charge on any atom is -0.466 e. The number of fused-ring (bicyclic) bond motifs is 1. The molecular weight excluding hydrogens is 316 g/mol. The van der Waals surface area contributed by atoms with Gasteiger partial charge in [0.1, 0.15) is 0 Å². The van der Waals surface area contributed by atoms with E-state index in [0.717, 1.165) is 42.3 Å². The van der Waals surface area contributed by atoms with Crippen LogP contribution in [0, 0.1) is 13.8 Å². The van der Waals surface area contributed by atoms with Crippen molar-refractivity contribution in [3.05, 3.63) is 35.0 Å². The molecule has 0 unspecified atom stereocenters. The zero-order chi connectivity index (χ0) is 18.2. The van der Waals surface area contributed by atoms with Crippen molar-refractivity contribution >= 4 is 22.8 Å². The van der Waals surface area contributed by atoms with E-state index in [2.05, 4.69) is 17.2 Å². The minimum atomic E-state index is -0.124. The summed E-state index contributed by atoms with van der Waals surface area (Å²) >= 11 is 0. The van der Waals surface area contributed by atoms with E-state index in [1.54, 1.807) is 0 Å². The summed E-state index contributed by atoms with van der Waals surface area (Å²) in [5.74, 6) is -0.159. The Morgan fingerprint density at radius 2 is 1.88 bits per heavy atom. The van der Waals surface area contributed by atoms with E-state index >= 15 is 0 Å². The molecule has 1 aromatic carbocycles. The summed E-state index contributed by atoms with van der Waals surface area (Å²) in [5.41, 5.74) is 4.08. The first-order valence-corrected chi connectivity index (χ1v) is 9.05. The van der Waals surface area contributed by atoms with Gasteiger partial charge in [0.2, 0.25) is 0 Å². The Balaban J connectivity index is 1.70. The SMILES string of the molecule is CCOC(=O)CCCCCCNC(=O)c1ccc2[nH]c(C)c(C)c2c1. The molecule has 0 fully saturated rings. The van der Waals surface area contributed by atoms with E-state index in [0.29, 0.717) is 25.1 Å². The number of benzene rings is 1. The maximum Gasteiger partial charge on any atom is 0.305 e. The Kier molecular flexibility index (Phi) is 7.04. The van der Waals surface area contributed by atoms with Crippen molar-refractivity contribution in [2.24, 2.45) is 0 Å². The third kappa shape index (κ3) is 5.34. The summed E-state index contributed by atoms with van der Waals surface area (Å²) in [6.45, 7) is 7.01. The Morgan fingerprint density at radius 1 is 1.12 bits per heavy atom. The number of esters is 1. The van der Waals surface area contributed by atoms with Crippen molar-refractivity contribution in [3.63, 3.8) is 0 Å². The summed E-state index contributed by atoms with van der Waals surface area (Å²) in [6, 6.07) is 5.76. The summed E-state index contributed by atoms with van der Waals surface area (Å²) in [4.78, 5) is 26.8. The van der Waals surface area contributed by atoms with Gasteiger partial charge in [0.15, 0.2) is 0 Å². The molecule has 1 amide bonds. The first kappa shape index (κ1) is 19.0. The second-order valence-corrected chi connectivity index (χ2v) is 6.36. The fraction of sp³-hybridized carbons (Fsp3) is 0.500. The fourth-order valence-electron chi connectivity index (χ4n) is 2.89. The molecule has 1 heterocycles. The van der Waals surface area contributed by atoms with Gasteiger partial charge in [0.25, 0.3) is 5.91 Å². The van der Waals surface area contributed by atoms with Gasteiger partial charge in [-0.15, -0.1) is 0 Å². The topological polar surface area (TPSA) is 71.2 Å². The van der Waals surface area contributed by atoms with Crippen LogP contribution >= 0.6 is 0 Å². The van der Waals surface area contributed by atoms with Gasteiger partial charge in [0.05, 0.1) is 6.61 Å². The number of H-pyrrole nitrogens is 1. The highest BCUT2D eigenvalue weighted by molar-refractivity contribution is 5.99. The molecule has 5 nitrogen and oxygen atoms in total. The lowest BCUT2D eigenvalue weighted by atomic mass is 10.1. The predicted octanol–water partition coefficient (Wildman–Crippen LogP) is 4.03. The monoisotopic (exact) mass is 344 g/mol. The van der Waals surface area contributed by atoms with E-state index in [9.17, 15) is 9.59 Å². The highest BCUT2D eigenvalue weighted by Crippen LogP contribution is 2.22. The lowest BCUT2D eigenvalue weighted by molar-refractivity contribution is -0.143. The molecule has 0 saturated heterocycles. The molecule has 0 radical (unpaired) electrons. The van der Waals surface area contributed by atoms with E-state index in [1.165, 1.54) is 5.56 Å². The molecule has 0 aliphatic heterocycles. The van der Waals surface area contributed by atoms with Gasteiger partial charge in [-0.05, 0) is 57.4 Å². The quantitative estimate of drug-likeness (QED) is 0.533. The molecule has 0 bridgehead atoms. The Bertz CT molecular complexity index is 734. The van der Waals surface area contributed by atoms with E-state index in [4.69, 9.17) is 4.74 Å². The van der Waals surface area contributed by atoms with Crippen molar-refractivity contribution in [3.8, 4) is 0 Å². The Labute approximate surface area is 149 Å². The van der Waals surface area contributed by atoms with Gasteiger partial charge < -0.3 is 15.0 Å². The van der Waals surface area contributed by atoms with Crippen LogP contribution in [0.3, 0.4) is 0 Å². The highest BCUT2D eigenvalue weighted by atomic mass is 16.5. The molecule has 25 heavy (non-hydrogen) atoms. The van der Waals surface area contributed by atoms with Crippen molar-refractivity contribution in [1.29, 1.82) is 0 Å². The number of carbonyl (C=O) groups excluding carboxylic acids is 2. The first-order chi connectivity index (χ1) is 12.0. The van der Waals surface area contributed by atoms with Crippen molar-refractivity contribution in [1.82, 2.24) is 10.3 Å². The minimum absolute atomic E-state index is 0.0355. The number of rotatable bonds is 9. The number of nitrogens with one attached hydrogen (secondary N) is 2. The van der Waals surface area contributed by atoms with Gasteiger partial charge in [-0.25, -0.2) is 0 Å². The number of aryl methyl sites for hydroxylation is 2. The second kappa shape index (κ2) is 9.25. The van der Waals surface area contributed by atoms with Crippen LogP contribution in [0.15, 0.2) is 18.2 Å². The first-order valence-electron chi connectivity index (χ1n) is 9.05. The van der Waals surface area contributed by atoms with Crippen LogP contribution in [0.1, 0.15) is 60.6 Å². The fourth-order valence-corrected chi connectivity index (χ4v) is 2.89. The zero-order valence-corrected chi connectivity index (χ0v) is 15.4. The van der Waals surface area contributed by atoms with Gasteiger partial charge in [-0.1, -0.05) is 12.8 Å². The molecule has 5 heteroatoms. The lowest BCUT2D eigenvalue weighted by Crippen LogP contribution is -2.24. The second-order valence-electron chi connectivity index (χ2n) is 6.36. The maximum atomic E-state index is 12.3. The van der Waals surface area contributed by atoms with Gasteiger partial charge in [-0.3, -0.25) is 9.59 Å². The van der Waals surface area contributed by atoms with Crippen LogP contribution in [-0.2, 0) is 9.53 Å². The van der Waals surface area contributed by atoms with Crippen LogP contribution in [0.4, 0.5) is 0 Å². The number of carbonyl (C=O) groups is 2. The smallest absolute Gasteiger partial charge is 0.305 e. The predicted molar refractivity (Wildman–Crippen MR) is 99.8 cm³/mol. The number of unbranched alkanes of at least 4 members (excludes halogenated alkanes) is 3. The third-order valence-electron chi connectivity index (χ3n) is 4.47. The van der Waals surface area contributed by atoms with Crippen LogP contribution in [0.25, 0.3) is 10.9 Å². The largest absolute Gasteiger partial charge is 0.466 e. The van der Waals surface area contributed by atoms with E-state index in [1.807, 2.05) is 32.0 Å². The van der Waals surface area contributed by atoms with Crippen molar-refractivity contribution < 1.29 is 14.3 Å². The molecule has 0 spiro atoms. The number of aromatic amines is 1. The normalized spacial score (nSPS) is 10.8. The van der Waals surface area contributed by atoms with E-state index < -0.39 is 0 Å². The average molecular weight is 344 g/mol. The van der Waals surface area contributed by atoms with Gasteiger partial charge in [0, 0.05) is 35.1 Å². The molecule has 2 rings (SSSR count). The van der Waals surface area contributed by atoms with Crippen LogP contribution in [-0.4, -0.2) is 30.0 Å². The van der Waals surface area contributed by atoms with Crippen LogP contribution in [0.5, 0.6) is 0 Å². The molecule has 0 saturated carbocycles. The lowest BCUT2D eigenvalue weighted by Gasteiger charge is -2.06. The third-order valence-corrected chi connectivity index (χ3v) is 4.47. The zero-order valence-electron chi connectivity index (χ0n) is 15.4.